The van der Waals surface area contributed by atoms with Gasteiger partial charge in [0.05, 0.1) is 0 Å². The van der Waals surface area contributed by atoms with Gasteiger partial charge in [-0.15, -0.1) is 0 Å². The molecule has 0 heterocycles. The Hall–Kier alpha value is 1.09. The standard InChI is InChI=1S/C3H7.Ag.H2S/c1-3-2;;/h3H,1-2H3;;1H2/q;+1;/p-1. The van der Waals surface area contributed by atoms with E-state index < -0.39 is 0 Å². The van der Waals surface area contributed by atoms with Crippen LogP contribution in [-0.2, 0) is 18.4 Å². The van der Waals surface area contributed by atoms with Crippen molar-refractivity contribution in [3.8, 4) is 0 Å². The Balaban J connectivity index is 2.54. The molecular weight excluding hydrogens is 176 g/mol. The fourth-order valence-electron chi connectivity index (χ4n) is 0. The second kappa shape index (κ2) is 3.29. The molecule has 0 fully saturated rings. The predicted octanol–water partition coefficient (Wildman–Crippen LogP) is 1.74. The number of hydrogen-bond acceptors (Lipinski definition) is 1. The van der Waals surface area contributed by atoms with Crippen LogP contribution < -0.4 is 0 Å². The molecule has 0 N–H and O–H groups in total. The van der Waals surface area contributed by atoms with Crippen LogP contribution in [0, 0.1) is 0 Å². The average molecular weight is 184 g/mol. The zero-order valence-corrected chi connectivity index (χ0v) is 5.70. The summed E-state index contributed by atoms with van der Waals surface area (Å²) in [4.78, 5) is 0. The molecule has 0 nitrogen and oxygen atoms in total. The van der Waals surface area contributed by atoms with E-state index in [4.69, 9.17) is 0 Å². The number of thiol groups is 1. The first-order valence-corrected chi connectivity index (χ1v) is 4.58. The van der Waals surface area contributed by atoms with Gasteiger partial charge in [-0.2, -0.15) is 0 Å². The molecule has 0 aliphatic heterocycles. The minimum atomic E-state index is 0.778. The molecular formula is C3H8AgS. The van der Waals surface area contributed by atoms with Gasteiger partial charge < -0.3 is 0 Å². The summed E-state index contributed by atoms with van der Waals surface area (Å²) in [6, 6.07) is 0. The van der Waals surface area contributed by atoms with Gasteiger partial charge in [-0.3, -0.25) is 0 Å². The van der Waals surface area contributed by atoms with Crippen LogP contribution in [0.15, 0.2) is 0 Å². The third-order valence-corrected chi connectivity index (χ3v) is 2.76. The van der Waals surface area contributed by atoms with Crippen LogP contribution >= 0.6 is 10.1 Å². The Morgan fingerprint density at radius 3 is 1.80 bits per heavy atom. The molecule has 0 spiro atoms. The van der Waals surface area contributed by atoms with E-state index in [0.29, 0.717) is 0 Å². The quantitative estimate of drug-likeness (QED) is 0.465. The third-order valence-electron chi connectivity index (χ3n) is 0.156. The first kappa shape index (κ1) is 6.09. The fourth-order valence-corrected chi connectivity index (χ4v) is 0. The van der Waals surface area contributed by atoms with Crippen molar-refractivity contribution in [1.29, 1.82) is 0 Å². The van der Waals surface area contributed by atoms with Crippen molar-refractivity contribution in [3.05, 3.63) is 0 Å². The molecule has 0 rings (SSSR count). The van der Waals surface area contributed by atoms with E-state index in [1.807, 2.05) is 0 Å². The molecule has 0 aromatic rings. The molecule has 37 valence electrons. The van der Waals surface area contributed by atoms with Crippen LogP contribution in [0.2, 0.25) is 4.14 Å². The van der Waals surface area contributed by atoms with Crippen molar-refractivity contribution in [2.75, 3.05) is 0 Å². The van der Waals surface area contributed by atoms with Gasteiger partial charge in [0, 0.05) is 0 Å². The van der Waals surface area contributed by atoms with Crippen LogP contribution in [0.25, 0.3) is 0 Å². The molecule has 0 radical (unpaired) electrons. The molecule has 5 heavy (non-hydrogen) atoms. The van der Waals surface area contributed by atoms with E-state index >= 15 is 0 Å². The van der Waals surface area contributed by atoms with Crippen molar-refractivity contribution in [3.63, 3.8) is 0 Å². The van der Waals surface area contributed by atoms with Gasteiger partial charge in [0.15, 0.2) is 0 Å². The SMILES string of the molecule is C[CH](C)[Ag][SH]. The maximum atomic E-state index is 4.05. The molecule has 0 bridgehead atoms. The maximum absolute atomic E-state index is 4.05. The molecule has 0 amide bonds. The van der Waals surface area contributed by atoms with E-state index in [0.717, 1.165) is 22.6 Å². The van der Waals surface area contributed by atoms with Gasteiger partial charge in [-0.25, -0.2) is 0 Å². The average Bonchev–Trinajstić information content (AvgIpc) is 1.38. The Bertz CT molecular complexity index is 20.9. The van der Waals surface area contributed by atoms with Gasteiger partial charge in [0.25, 0.3) is 0 Å². The van der Waals surface area contributed by atoms with Crippen molar-refractivity contribution >= 4 is 10.1 Å². The van der Waals surface area contributed by atoms with Crippen LogP contribution in [0.5, 0.6) is 0 Å². The topological polar surface area (TPSA) is 0 Å². The van der Waals surface area contributed by atoms with Gasteiger partial charge in [-0.1, -0.05) is 0 Å². The van der Waals surface area contributed by atoms with Gasteiger partial charge >= 0.3 is 46.5 Å². The molecule has 0 saturated heterocycles. The Morgan fingerprint density at radius 2 is 1.80 bits per heavy atom. The fraction of sp³-hybridized carbons (Fsp3) is 1.00. The summed E-state index contributed by atoms with van der Waals surface area (Å²) in [7, 11) is 4.05. The second-order valence-electron chi connectivity index (χ2n) is 1.00. The van der Waals surface area contributed by atoms with E-state index in [2.05, 4.69) is 23.9 Å². The van der Waals surface area contributed by atoms with E-state index in [1.165, 1.54) is 0 Å². The summed E-state index contributed by atoms with van der Waals surface area (Å²) in [6.45, 7) is 4.32. The van der Waals surface area contributed by atoms with E-state index in [1.54, 1.807) is 0 Å². The summed E-state index contributed by atoms with van der Waals surface area (Å²) in [5, 5.41) is 0. The molecule has 0 atom stereocenters. The minimum absolute atomic E-state index is 0.778. The first-order chi connectivity index (χ1) is 2.27. The third kappa shape index (κ3) is 5.09. The van der Waals surface area contributed by atoms with Crippen LogP contribution in [0.1, 0.15) is 13.8 Å². The number of rotatable bonds is 1. The monoisotopic (exact) mass is 183 g/mol. The molecule has 0 aromatic heterocycles. The van der Waals surface area contributed by atoms with Gasteiger partial charge in [-0.05, 0) is 0 Å². The normalized spacial score (nSPS) is 10.4. The van der Waals surface area contributed by atoms with Crippen molar-refractivity contribution in [1.82, 2.24) is 0 Å². The molecule has 0 unspecified atom stereocenters. The van der Waals surface area contributed by atoms with Gasteiger partial charge in [0.2, 0.25) is 0 Å². The van der Waals surface area contributed by atoms with Crippen molar-refractivity contribution in [2.24, 2.45) is 0 Å². The molecule has 0 aliphatic rings. The Morgan fingerprint density at radius 1 is 1.60 bits per heavy atom. The second-order valence-corrected chi connectivity index (χ2v) is 4.02. The summed E-state index contributed by atoms with van der Waals surface area (Å²) < 4.78 is 0.778. The first-order valence-electron chi connectivity index (χ1n) is 1.46. The summed E-state index contributed by atoms with van der Waals surface area (Å²) in [6.07, 6.45) is 0. The van der Waals surface area contributed by atoms with Crippen LogP contribution in [0.4, 0.5) is 0 Å². The zero-order valence-electron chi connectivity index (χ0n) is 3.33. The van der Waals surface area contributed by atoms with Crippen molar-refractivity contribution in [2.45, 2.75) is 18.0 Å². The predicted molar refractivity (Wildman–Crippen MR) is 24.1 cm³/mol. The molecule has 0 saturated carbocycles. The van der Waals surface area contributed by atoms with Crippen LogP contribution in [0.3, 0.4) is 0 Å². The molecule has 0 aromatic carbocycles. The molecule has 2 heteroatoms. The van der Waals surface area contributed by atoms with E-state index in [-0.39, 0.29) is 0 Å². The van der Waals surface area contributed by atoms with Crippen LogP contribution in [-0.4, -0.2) is 0 Å². The summed E-state index contributed by atoms with van der Waals surface area (Å²) >= 11 is 0.793. The Kier molecular flexibility index (Phi) is 4.00. The number of hydrogen-bond donors (Lipinski definition) is 1. The summed E-state index contributed by atoms with van der Waals surface area (Å²) in [5.41, 5.74) is 0. The van der Waals surface area contributed by atoms with Crippen molar-refractivity contribution < 1.29 is 18.4 Å². The Labute approximate surface area is 46.7 Å². The summed E-state index contributed by atoms with van der Waals surface area (Å²) in [5.74, 6) is 0. The van der Waals surface area contributed by atoms with E-state index in [9.17, 15) is 0 Å². The molecule has 0 aliphatic carbocycles. The van der Waals surface area contributed by atoms with Gasteiger partial charge in [0.1, 0.15) is 0 Å². The zero-order chi connectivity index (χ0) is 4.28.